The number of hydrogen-bond acceptors (Lipinski definition) is 6. The van der Waals surface area contributed by atoms with Crippen molar-refractivity contribution in [2.45, 2.75) is 25.6 Å². The number of benzene rings is 1. The van der Waals surface area contributed by atoms with E-state index in [4.69, 9.17) is 10.5 Å². The lowest BCUT2D eigenvalue weighted by atomic mass is 10.0. The number of aromatic nitrogens is 3. The number of nitrogens with one attached hydrogen (secondary N) is 1. The van der Waals surface area contributed by atoms with Gasteiger partial charge in [-0.2, -0.15) is 15.0 Å². The second-order valence-corrected chi connectivity index (χ2v) is 4.86. The molecule has 6 nitrogen and oxygen atoms in total. The van der Waals surface area contributed by atoms with Crippen LogP contribution in [0, 0.1) is 0 Å². The van der Waals surface area contributed by atoms with E-state index in [0.717, 1.165) is 17.7 Å². The summed E-state index contributed by atoms with van der Waals surface area (Å²) in [4.78, 5) is 11.9. The minimum Gasteiger partial charge on any atom is -0.493 e. The summed E-state index contributed by atoms with van der Waals surface area (Å²) in [5.74, 6) is 1.16. The van der Waals surface area contributed by atoms with Crippen LogP contribution >= 0.6 is 0 Å². The average molecular weight is 289 g/mol. The summed E-state index contributed by atoms with van der Waals surface area (Å²) >= 11 is 0. The summed E-state index contributed by atoms with van der Waals surface area (Å²) in [7, 11) is 0. The summed E-state index contributed by atoms with van der Waals surface area (Å²) in [6.07, 6.45) is -0.527. The maximum absolute atomic E-state index is 13.4. The first-order valence-electron chi connectivity index (χ1n) is 6.77. The van der Waals surface area contributed by atoms with Crippen molar-refractivity contribution in [3.63, 3.8) is 0 Å². The molecule has 3 rings (SSSR count). The molecule has 2 atom stereocenters. The van der Waals surface area contributed by atoms with E-state index in [-0.39, 0.29) is 23.8 Å². The van der Waals surface area contributed by atoms with Gasteiger partial charge in [0.1, 0.15) is 5.75 Å². The molecule has 1 aromatic heterocycles. The maximum Gasteiger partial charge on any atom is 0.228 e. The van der Waals surface area contributed by atoms with Gasteiger partial charge in [-0.25, -0.2) is 4.39 Å². The number of para-hydroxylation sites is 1. The van der Waals surface area contributed by atoms with Crippen molar-refractivity contribution in [2.24, 2.45) is 0 Å². The number of nitrogens with two attached hydrogens (primary N) is 1. The van der Waals surface area contributed by atoms with Gasteiger partial charge < -0.3 is 15.8 Å². The zero-order valence-corrected chi connectivity index (χ0v) is 11.6. The molecule has 7 heteroatoms. The van der Waals surface area contributed by atoms with Gasteiger partial charge in [-0.3, -0.25) is 0 Å². The predicted octanol–water partition coefficient (Wildman–Crippen LogP) is 2.42. The summed E-state index contributed by atoms with van der Waals surface area (Å²) in [6.45, 7) is 1.96. The topological polar surface area (TPSA) is 86.0 Å². The number of rotatable bonds is 3. The molecule has 0 amide bonds. The molecular weight excluding hydrogens is 273 g/mol. The van der Waals surface area contributed by atoms with Crippen molar-refractivity contribution in [1.29, 1.82) is 0 Å². The Hall–Kier alpha value is -2.44. The molecule has 2 aromatic rings. The van der Waals surface area contributed by atoms with E-state index in [1.165, 1.54) is 6.92 Å². The van der Waals surface area contributed by atoms with Gasteiger partial charge in [0.05, 0.1) is 12.6 Å². The SMILES string of the molecule is C[C@@H](F)c1nc(N)nc(N[C@@H]2CCOc3ccccc32)n1. The molecule has 3 N–H and O–H groups in total. The van der Waals surface area contributed by atoms with E-state index < -0.39 is 6.17 Å². The number of fused-ring (bicyclic) bond motifs is 1. The lowest BCUT2D eigenvalue weighted by Crippen LogP contribution is -2.22. The monoisotopic (exact) mass is 289 g/mol. The highest BCUT2D eigenvalue weighted by Crippen LogP contribution is 2.33. The minimum atomic E-state index is -1.29. The Balaban J connectivity index is 1.88. The van der Waals surface area contributed by atoms with Crippen LogP contribution in [0.4, 0.5) is 16.3 Å². The van der Waals surface area contributed by atoms with Crippen molar-refractivity contribution in [3.05, 3.63) is 35.7 Å². The Labute approximate surface area is 121 Å². The van der Waals surface area contributed by atoms with E-state index in [9.17, 15) is 4.39 Å². The van der Waals surface area contributed by atoms with Crippen molar-refractivity contribution in [1.82, 2.24) is 15.0 Å². The Morgan fingerprint density at radius 3 is 2.95 bits per heavy atom. The number of anilines is 2. The number of hydrogen-bond donors (Lipinski definition) is 2. The summed E-state index contributed by atoms with van der Waals surface area (Å²) in [6, 6.07) is 7.76. The zero-order chi connectivity index (χ0) is 14.8. The molecule has 0 bridgehead atoms. The molecule has 1 aliphatic heterocycles. The van der Waals surface area contributed by atoms with E-state index in [1.807, 2.05) is 24.3 Å². The largest absolute Gasteiger partial charge is 0.493 e. The van der Waals surface area contributed by atoms with Crippen molar-refractivity contribution in [3.8, 4) is 5.75 Å². The molecule has 1 aromatic carbocycles. The number of halogens is 1. The van der Waals surface area contributed by atoms with Crippen LogP contribution in [0.15, 0.2) is 24.3 Å². The van der Waals surface area contributed by atoms with Crippen LogP contribution in [-0.2, 0) is 0 Å². The summed E-state index contributed by atoms with van der Waals surface area (Å²) < 4.78 is 19.0. The molecule has 2 heterocycles. The molecule has 1 aliphatic rings. The van der Waals surface area contributed by atoms with E-state index in [1.54, 1.807) is 0 Å². The molecule has 0 aliphatic carbocycles. The van der Waals surface area contributed by atoms with Crippen molar-refractivity contribution < 1.29 is 9.13 Å². The van der Waals surface area contributed by atoms with Gasteiger partial charge in [0.25, 0.3) is 0 Å². The fourth-order valence-electron chi connectivity index (χ4n) is 2.30. The van der Waals surface area contributed by atoms with E-state index in [0.29, 0.717) is 6.61 Å². The first kappa shape index (κ1) is 13.5. The third kappa shape index (κ3) is 2.86. The quantitative estimate of drug-likeness (QED) is 0.902. The second-order valence-electron chi connectivity index (χ2n) is 4.86. The van der Waals surface area contributed by atoms with Gasteiger partial charge in [-0.05, 0) is 13.0 Å². The highest BCUT2D eigenvalue weighted by molar-refractivity contribution is 5.43. The number of ether oxygens (including phenoxy) is 1. The molecule has 0 radical (unpaired) electrons. The second kappa shape index (κ2) is 5.51. The standard InChI is InChI=1S/C14H16FN5O/c1-8(15)12-18-13(16)20-14(19-12)17-10-6-7-21-11-5-3-2-4-9(10)11/h2-5,8,10H,6-7H2,1H3,(H3,16,17,18,19,20)/t8-,10-/m1/s1. The molecular formula is C14H16FN5O. The van der Waals surface area contributed by atoms with E-state index in [2.05, 4.69) is 20.3 Å². The van der Waals surface area contributed by atoms with Crippen LogP contribution in [0.25, 0.3) is 0 Å². The van der Waals surface area contributed by atoms with Crippen LogP contribution < -0.4 is 15.8 Å². The zero-order valence-electron chi connectivity index (χ0n) is 11.6. The third-order valence-corrected chi connectivity index (χ3v) is 3.29. The molecule has 0 fully saturated rings. The van der Waals surface area contributed by atoms with Crippen LogP contribution in [0.3, 0.4) is 0 Å². The third-order valence-electron chi connectivity index (χ3n) is 3.29. The van der Waals surface area contributed by atoms with Crippen LogP contribution in [-0.4, -0.2) is 21.6 Å². The first-order valence-corrected chi connectivity index (χ1v) is 6.77. The summed E-state index contributed by atoms with van der Waals surface area (Å²) in [5, 5.41) is 3.18. The van der Waals surface area contributed by atoms with Gasteiger partial charge in [0, 0.05) is 12.0 Å². The van der Waals surface area contributed by atoms with Gasteiger partial charge >= 0.3 is 0 Å². The highest BCUT2D eigenvalue weighted by atomic mass is 19.1. The Morgan fingerprint density at radius 1 is 1.33 bits per heavy atom. The van der Waals surface area contributed by atoms with Gasteiger partial charge in [-0.15, -0.1) is 0 Å². The first-order chi connectivity index (χ1) is 10.1. The smallest absolute Gasteiger partial charge is 0.228 e. The number of nitrogen functional groups attached to an aromatic ring is 1. The minimum absolute atomic E-state index is 0.000447. The van der Waals surface area contributed by atoms with E-state index >= 15 is 0 Å². The molecule has 0 unspecified atom stereocenters. The van der Waals surface area contributed by atoms with Gasteiger partial charge in [0.2, 0.25) is 11.9 Å². The molecule has 0 saturated carbocycles. The number of nitrogens with zero attached hydrogens (tertiary/aromatic N) is 3. The van der Waals surface area contributed by atoms with Crippen molar-refractivity contribution in [2.75, 3.05) is 17.7 Å². The Bertz CT molecular complexity index is 649. The number of alkyl halides is 1. The lowest BCUT2D eigenvalue weighted by Gasteiger charge is -2.26. The normalized spacial score (nSPS) is 18.5. The fraction of sp³-hybridized carbons (Fsp3) is 0.357. The Kier molecular flexibility index (Phi) is 3.55. The summed E-state index contributed by atoms with van der Waals surface area (Å²) in [5.41, 5.74) is 6.63. The Morgan fingerprint density at radius 2 is 2.14 bits per heavy atom. The maximum atomic E-state index is 13.4. The lowest BCUT2D eigenvalue weighted by molar-refractivity contribution is 0.274. The highest BCUT2D eigenvalue weighted by Gasteiger charge is 2.22. The molecule has 0 saturated heterocycles. The van der Waals surface area contributed by atoms with Crippen molar-refractivity contribution >= 4 is 11.9 Å². The molecule has 21 heavy (non-hydrogen) atoms. The van der Waals surface area contributed by atoms with Gasteiger partial charge in [-0.1, -0.05) is 18.2 Å². The molecule has 0 spiro atoms. The predicted molar refractivity (Wildman–Crippen MR) is 76.7 cm³/mol. The van der Waals surface area contributed by atoms with Gasteiger partial charge in [0.15, 0.2) is 12.0 Å². The van der Waals surface area contributed by atoms with Crippen LogP contribution in [0.2, 0.25) is 0 Å². The van der Waals surface area contributed by atoms with Crippen LogP contribution in [0.5, 0.6) is 5.75 Å². The molecule has 110 valence electrons. The average Bonchev–Trinajstić information content (AvgIpc) is 2.47. The fourth-order valence-corrected chi connectivity index (χ4v) is 2.30. The van der Waals surface area contributed by atoms with Crippen LogP contribution in [0.1, 0.15) is 36.9 Å².